The summed E-state index contributed by atoms with van der Waals surface area (Å²) in [6.07, 6.45) is 0. The number of ether oxygens (including phenoxy) is 2. The van der Waals surface area contributed by atoms with Gasteiger partial charge < -0.3 is 15.2 Å². The van der Waals surface area contributed by atoms with Gasteiger partial charge in [0, 0.05) is 23.3 Å². The summed E-state index contributed by atoms with van der Waals surface area (Å²) in [5.41, 5.74) is 6.88. The molecule has 0 saturated carbocycles. The fourth-order valence-corrected chi connectivity index (χ4v) is 3.93. The molecule has 0 bridgehead atoms. The fourth-order valence-electron chi connectivity index (χ4n) is 2.52. The van der Waals surface area contributed by atoms with Crippen LogP contribution in [0.5, 0.6) is 17.2 Å². The second-order valence-electron chi connectivity index (χ2n) is 6.09. The van der Waals surface area contributed by atoms with Crippen LogP contribution >= 0.6 is 23.2 Å². The smallest absolute Gasteiger partial charge is 0.240 e. The summed E-state index contributed by atoms with van der Waals surface area (Å²) in [6.45, 7) is 0.0551. The first-order valence-corrected chi connectivity index (χ1v) is 10.7. The van der Waals surface area contributed by atoms with E-state index in [0.29, 0.717) is 38.5 Å². The van der Waals surface area contributed by atoms with Gasteiger partial charge in [-0.2, -0.15) is 0 Å². The normalized spacial score (nSPS) is 11.3. The van der Waals surface area contributed by atoms with E-state index < -0.39 is 10.0 Å². The summed E-state index contributed by atoms with van der Waals surface area (Å²) in [5, 5.41) is 0.796. The molecule has 3 aromatic carbocycles. The van der Waals surface area contributed by atoms with Crippen molar-refractivity contribution >= 4 is 38.9 Å². The Bertz CT molecular complexity index is 1100. The number of sulfonamides is 1. The molecule has 0 aromatic heterocycles. The summed E-state index contributed by atoms with van der Waals surface area (Å²) >= 11 is 12.2. The third-order valence-electron chi connectivity index (χ3n) is 3.95. The largest absolute Gasteiger partial charge is 0.497 e. The molecule has 0 radical (unpaired) electrons. The Balaban J connectivity index is 1.75. The predicted octanol–water partition coefficient (Wildman–Crippen LogP) is 4.86. The van der Waals surface area contributed by atoms with E-state index in [9.17, 15) is 8.42 Å². The molecule has 0 aliphatic rings. The zero-order valence-corrected chi connectivity index (χ0v) is 17.7. The van der Waals surface area contributed by atoms with E-state index in [0.717, 1.165) is 0 Å². The van der Waals surface area contributed by atoms with Crippen molar-refractivity contribution in [1.29, 1.82) is 0 Å². The van der Waals surface area contributed by atoms with E-state index in [1.807, 2.05) is 0 Å². The van der Waals surface area contributed by atoms with Gasteiger partial charge in [-0.3, -0.25) is 0 Å². The van der Waals surface area contributed by atoms with Gasteiger partial charge in [-0.1, -0.05) is 29.3 Å². The Hall–Kier alpha value is -2.45. The van der Waals surface area contributed by atoms with Crippen molar-refractivity contribution in [3.63, 3.8) is 0 Å². The highest BCUT2D eigenvalue weighted by Crippen LogP contribution is 2.32. The number of hydrogen-bond donors (Lipinski definition) is 2. The lowest BCUT2D eigenvalue weighted by Gasteiger charge is -2.12. The zero-order valence-electron chi connectivity index (χ0n) is 15.4. The first kappa shape index (κ1) is 21.3. The van der Waals surface area contributed by atoms with Gasteiger partial charge in [0.05, 0.1) is 17.0 Å². The van der Waals surface area contributed by atoms with Gasteiger partial charge in [0.25, 0.3) is 0 Å². The van der Waals surface area contributed by atoms with Crippen molar-refractivity contribution in [2.24, 2.45) is 0 Å². The maximum Gasteiger partial charge on any atom is 0.240 e. The summed E-state index contributed by atoms with van der Waals surface area (Å²) in [4.78, 5) is 0.137. The molecule has 29 heavy (non-hydrogen) atoms. The molecule has 0 aliphatic carbocycles. The highest BCUT2D eigenvalue weighted by Gasteiger charge is 2.14. The molecule has 9 heteroatoms. The number of rotatable bonds is 7. The van der Waals surface area contributed by atoms with Crippen molar-refractivity contribution in [2.45, 2.75) is 11.4 Å². The highest BCUT2D eigenvalue weighted by atomic mass is 35.5. The second kappa shape index (κ2) is 8.92. The van der Waals surface area contributed by atoms with Gasteiger partial charge >= 0.3 is 0 Å². The molecule has 3 aromatic rings. The molecule has 0 unspecified atom stereocenters. The Morgan fingerprint density at radius 1 is 0.966 bits per heavy atom. The molecule has 0 atom stereocenters. The molecule has 0 aliphatic heterocycles. The van der Waals surface area contributed by atoms with E-state index in [1.165, 1.54) is 19.2 Å². The number of halogens is 2. The average Bonchev–Trinajstić information content (AvgIpc) is 2.68. The zero-order chi connectivity index (χ0) is 21.0. The van der Waals surface area contributed by atoms with Crippen molar-refractivity contribution in [3.8, 4) is 17.2 Å². The van der Waals surface area contributed by atoms with Crippen molar-refractivity contribution in [2.75, 3.05) is 12.8 Å². The molecular weight excluding hydrogens is 435 g/mol. The SMILES string of the molecule is COc1ccc(S(=O)(=O)NCc2ccc(Cl)c(Oc3cc(N)cc(Cl)c3)c2)cc1. The van der Waals surface area contributed by atoms with Crippen LogP contribution in [0.1, 0.15) is 5.56 Å². The Morgan fingerprint density at radius 3 is 2.34 bits per heavy atom. The highest BCUT2D eigenvalue weighted by molar-refractivity contribution is 7.89. The monoisotopic (exact) mass is 452 g/mol. The lowest BCUT2D eigenvalue weighted by atomic mass is 10.2. The van der Waals surface area contributed by atoms with Gasteiger partial charge in [0.2, 0.25) is 10.0 Å². The van der Waals surface area contributed by atoms with Crippen LogP contribution in [-0.2, 0) is 16.6 Å². The number of hydrogen-bond acceptors (Lipinski definition) is 5. The lowest BCUT2D eigenvalue weighted by Crippen LogP contribution is -2.23. The quantitative estimate of drug-likeness (QED) is 0.499. The molecule has 0 saturated heterocycles. The van der Waals surface area contributed by atoms with Gasteiger partial charge in [0.15, 0.2) is 0 Å². The van der Waals surface area contributed by atoms with E-state index >= 15 is 0 Å². The molecule has 0 amide bonds. The van der Waals surface area contributed by atoms with E-state index in [1.54, 1.807) is 48.5 Å². The maximum atomic E-state index is 12.5. The average molecular weight is 453 g/mol. The molecule has 0 fully saturated rings. The van der Waals surface area contributed by atoms with Crippen LogP contribution in [0.2, 0.25) is 10.0 Å². The third-order valence-corrected chi connectivity index (χ3v) is 5.90. The fraction of sp³-hybridized carbons (Fsp3) is 0.100. The third kappa shape index (κ3) is 5.55. The van der Waals surface area contributed by atoms with Crippen LogP contribution in [-0.4, -0.2) is 15.5 Å². The molecule has 3 N–H and O–H groups in total. The Labute approximate surface area is 179 Å². The van der Waals surface area contributed by atoms with Crippen LogP contribution in [0.15, 0.2) is 65.6 Å². The van der Waals surface area contributed by atoms with E-state index in [4.69, 9.17) is 38.4 Å². The molecule has 0 heterocycles. The number of nitrogens with one attached hydrogen (secondary N) is 1. The van der Waals surface area contributed by atoms with Crippen LogP contribution < -0.4 is 19.9 Å². The van der Waals surface area contributed by atoms with Gasteiger partial charge in [0.1, 0.15) is 17.2 Å². The summed E-state index contributed by atoms with van der Waals surface area (Å²) in [5.74, 6) is 1.35. The number of benzene rings is 3. The first-order chi connectivity index (χ1) is 13.8. The van der Waals surface area contributed by atoms with Crippen molar-refractivity contribution < 1.29 is 17.9 Å². The maximum absolute atomic E-state index is 12.5. The Kier molecular flexibility index (Phi) is 6.54. The van der Waals surface area contributed by atoms with Crippen LogP contribution in [0, 0.1) is 0 Å². The number of nitrogen functional groups attached to an aromatic ring is 1. The molecular formula is C20H18Cl2N2O4S. The van der Waals surface area contributed by atoms with Gasteiger partial charge in [-0.05, 0) is 54.1 Å². The molecule has 0 spiro atoms. The topological polar surface area (TPSA) is 90.7 Å². The summed E-state index contributed by atoms with van der Waals surface area (Å²) < 4.78 is 38.3. The number of anilines is 1. The van der Waals surface area contributed by atoms with E-state index in [-0.39, 0.29) is 11.4 Å². The van der Waals surface area contributed by atoms with Crippen LogP contribution in [0.4, 0.5) is 5.69 Å². The Morgan fingerprint density at radius 2 is 1.69 bits per heavy atom. The van der Waals surface area contributed by atoms with Crippen LogP contribution in [0.25, 0.3) is 0 Å². The van der Waals surface area contributed by atoms with Crippen molar-refractivity contribution in [1.82, 2.24) is 4.72 Å². The first-order valence-electron chi connectivity index (χ1n) is 8.43. The van der Waals surface area contributed by atoms with Crippen LogP contribution in [0.3, 0.4) is 0 Å². The van der Waals surface area contributed by atoms with E-state index in [2.05, 4.69) is 4.72 Å². The van der Waals surface area contributed by atoms with Gasteiger partial charge in [-0.25, -0.2) is 13.1 Å². The van der Waals surface area contributed by atoms with Crippen molar-refractivity contribution in [3.05, 3.63) is 76.3 Å². The van der Waals surface area contributed by atoms with Gasteiger partial charge in [-0.15, -0.1) is 0 Å². The molecule has 152 valence electrons. The minimum Gasteiger partial charge on any atom is -0.497 e. The summed E-state index contributed by atoms with van der Waals surface area (Å²) in [6, 6.07) is 15.9. The predicted molar refractivity (Wildman–Crippen MR) is 114 cm³/mol. The molecule has 6 nitrogen and oxygen atoms in total. The summed E-state index contributed by atoms with van der Waals surface area (Å²) in [7, 11) is -2.18. The number of nitrogens with two attached hydrogens (primary N) is 1. The standard InChI is InChI=1S/C20H18Cl2N2O4S/c1-27-16-3-5-18(6-4-16)29(25,26)24-12-13-2-7-19(22)20(8-13)28-17-10-14(21)9-15(23)11-17/h2-11,24H,12,23H2,1H3. The number of methoxy groups -OCH3 is 1. The minimum atomic E-state index is -3.69. The second-order valence-corrected chi connectivity index (χ2v) is 8.70. The lowest BCUT2D eigenvalue weighted by molar-refractivity contribution is 0.414. The minimum absolute atomic E-state index is 0.0551. The molecule has 3 rings (SSSR count).